The molecule has 5 nitrogen and oxygen atoms in total. The van der Waals surface area contributed by atoms with E-state index in [0.29, 0.717) is 37.8 Å². The van der Waals surface area contributed by atoms with E-state index in [1.807, 2.05) is 16.9 Å². The van der Waals surface area contributed by atoms with E-state index in [0.717, 1.165) is 13.1 Å². The Morgan fingerprint density at radius 1 is 0.786 bits per heavy atom. The van der Waals surface area contributed by atoms with Crippen molar-refractivity contribution in [3.63, 3.8) is 0 Å². The molecule has 0 amide bonds. The quantitative estimate of drug-likeness (QED) is 0.504. The molecule has 3 aromatic rings. The maximum absolute atomic E-state index is 13.0. The van der Waals surface area contributed by atoms with E-state index >= 15 is 0 Å². The van der Waals surface area contributed by atoms with Crippen LogP contribution >= 0.6 is 0 Å². The van der Waals surface area contributed by atoms with E-state index in [9.17, 15) is 8.78 Å². The van der Waals surface area contributed by atoms with Gasteiger partial charge in [-0.15, -0.1) is 0 Å². The highest BCUT2D eigenvalue weighted by Gasteiger charge is 2.07. The van der Waals surface area contributed by atoms with Gasteiger partial charge in [-0.3, -0.25) is 9.58 Å². The van der Waals surface area contributed by atoms with Gasteiger partial charge in [0.2, 0.25) is 0 Å². The largest absolute Gasteiger partial charge is 0.492 e. The summed E-state index contributed by atoms with van der Waals surface area (Å²) >= 11 is 0. The van der Waals surface area contributed by atoms with Gasteiger partial charge in [0, 0.05) is 32.0 Å². The van der Waals surface area contributed by atoms with E-state index in [4.69, 9.17) is 9.47 Å². The summed E-state index contributed by atoms with van der Waals surface area (Å²) < 4.78 is 39.2. The van der Waals surface area contributed by atoms with Crippen LogP contribution in [0.4, 0.5) is 8.78 Å². The summed E-state index contributed by atoms with van der Waals surface area (Å²) in [6.07, 6.45) is 3.67. The molecule has 28 heavy (non-hydrogen) atoms. The summed E-state index contributed by atoms with van der Waals surface area (Å²) in [7, 11) is 0. The molecule has 1 aromatic heterocycles. The Morgan fingerprint density at radius 2 is 1.32 bits per heavy atom. The molecule has 0 aliphatic carbocycles. The first-order chi connectivity index (χ1) is 13.7. The summed E-state index contributed by atoms with van der Waals surface area (Å²) in [5.41, 5.74) is 0. The van der Waals surface area contributed by atoms with Crippen molar-refractivity contribution in [3.8, 4) is 11.5 Å². The molecule has 0 atom stereocenters. The van der Waals surface area contributed by atoms with E-state index in [1.165, 1.54) is 24.3 Å². The normalized spacial score (nSPS) is 11.0. The molecule has 0 fully saturated rings. The van der Waals surface area contributed by atoms with Crippen LogP contribution in [0, 0.1) is 11.6 Å². The molecule has 0 saturated heterocycles. The first kappa shape index (κ1) is 19.8. The van der Waals surface area contributed by atoms with E-state index in [1.54, 1.807) is 30.5 Å². The second kappa shape index (κ2) is 10.4. The third-order valence-corrected chi connectivity index (χ3v) is 4.18. The van der Waals surface area contributed by atoms with E-state index in [2.05, 4.69) is 10.00 Å². The fourth-order valence-corrected chi connectivity index (χ4v) is 2.66. The molecule has 2 aromatic carbocycles. The summed E-state index contributed by atoms with van der Waals surface area (Å²) in [6.45, 7) is 3.85. The van der Waals surface area contributed by atoms with Crippen molar-refractivity contribution in [1.29, 1.82) is 0 Å². The Morgan fingerprint density at radius 3 is 1.79 bits per heavy atom. The van der Waals surface area contributed by atoms with Crippen LogP contribution in [0.1, 0.15) is 0 Å². The molecule has 1 heterocycles. The Hall–Kier alpha value is -2.93. The summed E-state index contributed by atoms with van der Waals surface area (Å²) in [6, 6.07) is 13.8. The molecule has 0 bridgehead atoms. The number of benzene rings is 2. The maximum Gasteiger partial charge on any atom is 0.123 e. The van der Waals surface area contributed by atoms with Crippen molar-refractivity contribution in [2.75, 3.05) is 32.8 Å². The van der Waals surface area contributed by atoms with Gasteiger partial charge < -0.3 is 9.47 Å². The van der Waals surface area contributed by atoms with Crippen LogP contribution in [-0.2, 0) is 6.54 Å². The fraction of sp³-hybridized carbons (Fsp3) is 0.286. The van der Waals surface area contributed by atoms with Gasteiger partial charge >= 0.3 is 0 Å². The van der Waals surface area contributed by atoms with Gasteiger partial charge in [0.15, 0.2) is 0 Å². The number of ether oxygens (including phenoxy) is 2. The minimum Gasteiger partial charge on any atom is -0.492 e. The average molecular weight is 387 g/mol. The fourth-order valence-electron chi connectivity index (χ4n) is 2.66. The molecule has 0 aliphatic rings. The molecule has 0 aliphatic heterocycles. The van der Waals surface area contributed by atoms with Crippen molar-refractivity contribution < 1.29 is 18.3 Å². The van der Waals surface area contributed by atoms with Crippen LogP contribution < -0.4 is 9.47 Å². The van der Waals surface area contributed by atoms with Crippen LogP contribution in [0.5, 0.6) is 11.5 Å². The number of nitrogens with zero attached hydrogens (tertiary/aromatic N) is 3. The average Bonchev–Trinajstić information content (AvgIpc) is 3.22. The van der Waals surface area contributed by atoms with Crippen molar-refractivity contribution in [3.05, 3.63) is 78.6 Å². The lowest BCUT2D eigenvalue weighted by Crippen LogP contribution is -2.35. The van der Waals surface area contributed by atoms with Crippen molar-refractivity contribution in [2.24, 2.45) is 0 Å². The third kappa shape index (κ3) is 6.66. The Kier molecular flexibility index (Phi) is 7.37. The van der Waals surface area contributed by atoms with Gasteiger partial charge in [0.25, 0.3) is 0 Å². The minimum atomic E-state index is -0.286. The highest BCUT2D eigenvalue weighted by Crippen LogP contribution is 2.12. The van der Waals surface area contributed by atoms with Crippen molar-refractivity contribution >= 4 is 0 Å². The van der Waals surface area contributed by atoms with Crippen molar-refractivity contribution in [1.82, 2.24) is 14.7 Å². The van der Waals surface area contributed by atoms with E-state index < -0.39 is 0 Å². The first-order valence-electron chi connectivity index (χ1n) is 9.15. The van der Waals surface area contributed by atoms with Gasteiger partial charge in [0.05, 0.1) is 6.54 Å². The molecule has 7 heteroatoms. The SMILES string of the molecule is Fc1ccc(OCCN(CCOc2ccc(F)cc2)CCn2cccn2)cc1. The number of hydrogen-bond acceptors (Lipinski definition) is 4. The number of halogens is 2. The Bertz CT molecular complexity index is 757. The second-order valence-corrected chi connectivity index (χ2v) is 6.22. The highest BCUT2D eigenvalue weighted by atomic mass is 19.1. The zero-order chi connectivity index (χ0) is 19.6. The lowest BCUT2D eigenvalue weighted by Gasteiger charge is -2.22. The lowest BCUT2D eigenvalue weighted by atomic mass is 10.3. The van der Waals surface area contributed by atoms with Gasteiger partial charge in [-0.1, -0.05) is 0 Å². The van der Waals surface area contributed by atoms with Gasteiger partial charge in [-0.2, -0.15) is 5.10 Å². The highest BCUT2D eigenvalue weighted by molar-refractivity contribution is 5.22. The number of rotatable bonds is 11. The van der Waals surface area contributed by atoms with Crippen LogP contribution in [-0.4, -0.2) is 47.5 Å². The van der Waals surface area contributed by atoms with Gasteiger partial charge in [0.1, 0.15) is 36.3 Å². The lowest BCUT2D eigenvalue weighted by molar-refractivity contribution is 0.171. The molecule has 148 valence electrons. The zero-order valence-electron chi connectivity index (χ0n) is 15.5. The van der Waals surface area contributed by atoms with Crippen LogP contribution in [0.2, 0.25) is 0 Å². The zero-order valence-corrected chi connectivity index (χ0v) is 15.5. The predicted molar refractivity (Wildman–Crippen MR) is 102 cm³/mol. The molecule has 0 spiro atoms. The summed E-state index contributed by atoms with van der Waals surface area (Å²) in [5, 5.41) is 4.22. The topological polar surface area (TPSA) is 39.5 Å². The molecule has 3 rings (SSSR count). The van der Waals surface area contributed by atoms with Crippen molar-refractivity contribution in [2.45, 2.75) is 6.54 Å². The van der Waals surface area contributed by atoms with E-state index in [-0.39, 0.29) is 11.6 Å². The smallest absolute Gasteiger partial charge is 0.123 e. The van der Waals surface area contributed by atoms with Crippen LogP contribution in [0.25, 0.3) is 0 Å². The molecule has 0 saturated carbocycles. The monoisotopic (exact) mass is 387 g/mol. The first-order valence-corrected chi connectivity index (χ1v) is 9.15. The van der Waals surface area contributed by atoms with Gasteiger partial charge in [-0.05, 0) is 54.6 Å². The van der Waals surface area contributed by atoms with Crippen LogP contribution in [0.15, 0.2) is 67.0 Å². The second-order valence-electron chi connectivity index (χ2n) is 6.22. The predicted octanol–water partition coefficient (Wildman–Crippen LogP) is 3.62. The Balaban J connectivity index is 1.46. The summed E-state index contributed by atoms with van der Waals surface area (Å²) in [4.78, 5) is 2.20. The molecular formula is C21H23F2N3O2. The number of aromatic nitrogens is 2. The summed E-state index contributed by atoms with van der Waals surface area (Å²) in [5.74, 6) is 0.698. The van der Waals surface area contributed by atoms with Gasteiger partial charge in [-0.25, -0.2) is 8.78 Å². The molecular weight excluding hydrogens is 364 g/mol. The van der Waals surface area contributed by atoms with Crippen LogP contribution in [0.3, 0.4) is 0 Å². The number of hydrogen-bond donors (Lipinski definition) is 0. The minimum absolute atomic E-state index is 0.286. The molecule has 0 unspecified atom stereocenters. The third-order valence-electron chi connectivity index (χ3n) is 4.18. The molecule has 0 N–H and O–H groups in total. The molecule has 0 radical (unpaired) electrons. The Labute approximate surface area is 163 Å². The standard InChI is InChI=1S/C21H23F2N3O2/c22-18-2-6-20(7-3-18)27-16-14-25(12-13-26-11-1-10-24-26)15-17-28-21-8-4-19(23)5-9-21/h1-11H,12-17H2. The maximum atomic E-state index is 13.0.